The number of benzene rings is 2. The standard InChI is InChI=1S/C58H82B8N5O13PS/c1-36(2)27-47(49(75)22-25-52(78)85(8)63)70-55(81)41(29-38-15-11-9-12-16-38)32-44(73)34-68-51(77)24-19-40(31-43(72)20-21-46(67)57(83)84-58(5,6)7)54(80)69-35-45(74)33-42(30-39-17-13-10-14-18-39)56(82)71-48(28-37(3)4)50(76)23-26-53(79)86(64-59,65-60)66(61)62/h9-18,36-37,40-42,46-48H,19-35,67H2,1-8H3,(H,68,77)(H,69,80)(H,70,81)(H,71,82). The fourth-order valence-corrected chi connectivity index (χ4v) is 11.2. The molecule has 0 aliphatic carbocycles. The summed E-state index contributed by atoms with van der Waals surface area (Å²) in [7, 11) is 24.8. The first kappa shape index (κ1) is 76.8. The van der Waals surface area contributed by atoms with Gasteiger partial charge in [0.2, 0.25) is 17.7 Å². The summed E-state index contributed by atoms with van der Waals surface area (Å²) < 4.78 is 5.34. The molecule has 0 spiro atoms. The van der Waals surface area contributed by atoms with Crippen molar-refractivity contribution in [3.8, 4) is 0 Å². The summed E-state index contributed by atoms with van der Waals surface area (Å²) in [5.41, 5.74) is 6.41. The monoisotopic (exact) mass is 1210 g/mol. The van der Waals surface area contributed by atoms with Crippen LogP contribution in [-0.2, 0) is 75.1 Å². The van der Waals surface area contributed by atoms with E-state index in [0.29, 0.717) is 5.56 Å². The van der Waals surface area contributed by atoms with Crippen LogP contribution in [0.2, 0.25) is 0 Å². The van der Waals surface area contributed by atoms with Crippen LogP contribution >= 0.6 is 16.5 Å². The molecule has 0 aromatic heterocycles. The maximum atomic E-state index is 14.2. The Hall–Kier alpha value is -5.26. The minimum atomic E-state index is -2.75. The molecule has 2 rings (SSSR count). The van der Waals surface area contributed by atoms with E-state index in [2.05, 4.69) is 21.3 Å². The van der Waals surface area contributed by atoms with Crippen molar-refractivity contribution in [2.24, 2.45) is 35.3 Å². The van der Waals surface area contributed by atoms with Crippen molar-refractivity contribution in [2.75, 3.05) is 19.8 Å². The van der Waals surface area contributed by atoms with Crippen LogP contribution in [0.5, 0.6) is 0 Å². The molecule has 0 bridgehead atoms. The van der Waals surface area contributed by atoms with E-state index in [1.807, 2.05) is 27.7 Å². The number of ether oxygens (including phenoxy) is 1. The van der Waals surface area contributed by atoms with E-state index in [9.17, 15) is 57.5 Å². The summed E-state index contributed by atoms with van der Waals surface area (Å²) in [6, 6.07) is 16.7. The molecular formula is C58H82B8N5O13PS. The van der Waals surface area contributed by atoms with Crippen LogP contribution in [0, 0.1) is 29.6 Å². The van der Waals surface area contributed by atoms with Gasteiger partial charge < -0.3 is 26.4 Å². The number of esters is 1. The molecule has 7 unspecified atom stereocenters. The van der Waals surface area contributed by atoms with E-state index >= 15 is 0 Å². The van der Waals surface area contributed by atoms with Crippen molar-refractivity contribution < 1.29 is 62.3 Å². The molecule has 0 fully saturated rings. The zero-order chi connectivity index (χ0) is 64.9. The van der Waals surface area contributed by atoms with Gasteiger partial charge in [0.05, 0.1) is 12.6 Å². The number of Topliss-reactive ketones (excluding diaryl/α,β-unsaturated/α-hetero) is 5. The topological polar surface area (TPSA) is 288 Å². The van der Waals surface area contributed by atoms with Gasteiger partial charge in [-0.05, 0) is 64.6 Å². The van der Waals surface area contributed by atoms with Crippen LogP contribution in [0.15, 0.2) is 60.7 Å². The molecule has 0 saturated heterocycles. The minimum Gasteiger partial charge on any atom is -0.0622 e. The van der Waals surface area contributed by atoms with E-state index in [1.165, 1.54) is 0 Å². The van der Waals surface area contributed by atoms with Gasteiger partial charge in [-0.3, -0.25) is 38.4 Å². The van der Waals surface area contributed by atoms with Crippen LogP contribution in [0.1, 0.15) is 143 Å². The Kier molecular flexibility index (Phi) is 34.8. The Bertz CT molecular complexity index is 2790. The summed E-state index contributed by atoms with van der Waals surface area (Å²) in [4.78, 5) is 162. The van der Waals surface area contributed by atoms with Gasteiger partial charge in [0, 0.05) is 50.4 Å². The Morgan fingerprint density at radius 3 is 1.47 bits per heavy atom. The average molecular weight is 1210 g/mol. The molecule has 452 valence electrons. The zero-order valence-electron chi connectivity index (χ0n) is 51.3. The first-order valence-electron chi connectivity index (χ1n) is 29.1. The second-order valence-electron chi connectivity index (χ2n) is 23.6. The van der Waals surface area contributed by atoms with Crippen molar-refractivity contribution >= 4 is 142 Å². The molecule has 0 aliphatic rings. The van der Waals surface area contributed by atoms with Gasteiger partial charge in [0.1, 0.15) is 30.5 Å². The SMILES string of the molecule is [B]B=S(=B[B])(B([B])[B])C(=O)CCC(=O)C(CC(C)C)NC(=O)C(CC(=O)CNC(=O)C(CCC(=O)NCC(=O)CC(Cc1ccccc1)C(=O)NC(CC(C)C)C(=O)CCC(=O)P([B])C)CC(=O)CCC(N)C(=O)OC(C)(C)C)Cc1ccccc1. The van der Waals surface area contributed by atoms with Gasteiger partial charge in [-0.1, -0.05) is 70.2 Å². The van der Waals surface area contributed by atoms with Crippen molar-refractivity contribution in [2.45, 2.75) is 169 Å². The first-order valence-corrected chi connectivity index (χ1v) is 32.8. The predicted molar refractivity (Wildman–Crippen MR) is 346 cm³/mol. The van der Waals surface area contributed by atoms with E-state index in [1.54, 1.807) is 88.1 Å². The van der Waals surface area contributed by atoms with E-state index in [-0.39, 0.29) is 107 Å². The van der Waals surface area contributed by atoms with Crippen molar-refractivity contribution in [1.29, 1.82) is 0 Å². The van der Waals surface area contributed by atoms with Gasteiger partial charge in [0.25, 0.3) is 0 Å². The number of hydrogen-bond acceptors (Lipinski definition) is 14. The number of nitrogens with two attached hydrogens (primary N) is 1. The van der Waals surface area contributed by atoms with Gasteiger partial charge in [-0.25, -0.2) is 0 Å². The normalized spacial score (nSPS) is 13.8. The average Bonchev–Trinajstić information content (AvgIpc) is 2.59. The number of amides is 4. The zero-order valence-corrected chi connectivity index (χ0v) is 53.0. The summed E-state index contributed by atoms with van der Waals surface area (Å²) in [6.45, 7) is 12.9. The Morgan fingerprint density at radius 2 is 1.05 bits per heavy atom. The third-order valence-electron chi connectivity index (χ3n) is 14.0. The fourth-order valence-electron chi connectivity index (χ4n) is 9.19. The van der Waals surface area contributed by atoms with E-state index in [0.717, 1.165) is 17.7 Å². The van der Waals surface area contributed by atoms with Gasteiger partial charge in [0.15, 0.2) is 11.6 Å². The van der Waals surface area contributed by atoms with E-state index < -0.39 is 148 Å². The van der Waals surface area contributed by atoms with Crippen molar-refractivity contribution in [1.82, 2.24) is 21.3 Å². The molecule has 0 heterocycles. The molecule has 28 heteroatoms. The molecule has 2 aromatic carbocycles. The maximum absolute atomic E-state index is 14.2. The van der Waals surface area contributed by atoms with Crippen LogP contribution in [0.25, 0.3) is 0 Å². The molecule has 10 radical (unpaired) electrons. The third-order valence-corrected chi connectivity index (χ3v) is 17.8. The molecule has 86 heavy (non-hydrogen) atoms. The molecule has 0 saturated carbocycles. The fraction of sp³-hybridized carbons (Fsp3) is 0.586. The number of carbonyl (C=O) groups excluding carboxylic acids is 12. The first-order chi connectivity index (χ1) is 40.3. The molecule has 2 aromatic rings. The van der Waals surface area contributed by atoms with Gasteiger partial charge >= 0.3 is 199 Å². The molecule has 4 amide bonds. The molecular weight excluding hydrogens is 1120 g/mol. The molecule has 7 atom stereocenters. The Labute approximate surface area is 518 Å². The van der Waals surface area contributed by atoms with E-state index in [4.69, 9.17) is 49.0 Å². The van der Waals surface area contributed by atoms with Crippen LogP contribution < -0.4 is 27.0 Å². The van der Waals surface area contributed by atoms with Crippen molar-refractivity contribution in [3.05, 3.63) is 71.8 Å². The number of rotatable bonds is 40. The molecule has 0 aliphatic heterocycles. The Morgan fingerprint density at radius 1 is 0.605 bits per heavy atom. The third kappa shape index (κ3) is 29.2. The molecule has 18 nitrogen and oxygen atoms in total. The minimum absolute atomic E-state index is 0.00943. The molecule has 6 N–H and O–H groups in total. The van der Waals surface area contributed by atoms with Gasteiger partial charge in [-0.15, -0.1) is 0 Å². The number of nitrogens with one attached hydrogen (secondary N) is 4. The second kappa shape index (κ2) is 38.9. The summed E-state index contributed by atoms with van der Waals surface area (Å²) in [5.74, 6) is -10.3. The predicted octanol–water partition coefficient (Wildman–Crippen LogP) is 3.20. The Balaban J connectivity index is 2.32. The number of ketones is 5. The van der Waals surface area contributed by atoms with Crippen LogP contribution in [-0.4, -0.2) is 169 Å². The van der Waals surface area contributed by atoms with Crippen LogP contribution in [0.4, 0.5) is 0 Å². The smallest absolute Gasteiger partial charge is 0.0622 e. The van der Waals surface area contributed by atoms with Gasteiger partial charge in [-0.2, -0.15) is 0 Å². The summed E-state index contributed by atoms with van der Waals surface area (Å²) in [5, 5.41) is 10.2. The quantitative estimate of drug-likeness (QED) is 0.0364. The summed E-state index contributed by atoms with van der Waals surface area (Å²) >= 11 is 0. The van der Waals surface area contributed by atoms with Crippen molar-refractivity contribution in [3.63, 3.8) is 0 Å². The second-order valence-corrected chi connectivity index (χ2v) is 28.4. The summed E-state index contributed by atoms with van der Waals surface area (Å²) in [6.07, 6.45) is -2.21. The van der Waals surface area contributed by atoms with Crippen LogP contribution in [0.3, 0.4) is 0 Å². The number of carbonyl (C=O) groups is 12. The number of hydrogen-bond donors (Lipinski definition) is 5.